The van der Waals surface area contributed by atoms with Crippen LogP contribution in [-0.2, 0) is 19.5 Å². The van der Waals surface area contributed by atoms with Gasteiger partial charge in [0.25, 0.3) is 0 Å². The number of imidazole rings is 1. The SMILES string of the molecule is NCCc1cc(F)cc(N2CCn3ccnc3C2)c1. The van der Waals surface area contributed by atoms with E-state index in [2.05, 4.69) is 14.5 Å². The molecule has 2 N–H and O–H groups in total. The fraction of sp³-hybridized carbons (Fsp3) is 0.357. The Kier molecular flexibility index (Phi) is 3.21. The fourth-order valence-corrected chi connectivity index (χ4v) is 2.52. The van der Waals surface area contributed by atoms with Gasteiger partial charge < -0.3 is 15.2 Å². The van der Waals surface area contributed by atoms with Crippen LogP contribution in [-0.4, -0.2) is 22.6 Å². The summed E-state index contributed by atoms with van der Waals surface area (Å²) in [6.45, 7) is 3.01. The van der Waals surface area contributed by atoms with Gasteiger partial charge in [0, 0.05) is 31.2 Å². The smallest absolute Gasteiger partial charge is 0.128 e. The van der Waals surface area contributed by atoms with Gasteiger partial charge in [0.2, 0.25) is 0 Å². The Morgan fingerprint density at radius 1 is 1.26 bits per heavy atom. The Morgan fingerprint density at radius 3 is 3.00 bits per heavy atom. The summed E-state index contributed by atoms with van der Waals surface area (Å²) in [5, 5.41) is 0. The number of hydrogen-bond acceptors (Lipinski definition) is 3. The van der Waals surface area contributed by atoms with Crippen molar-refractivity contribution >= 4 is 5.69 Å². The molecule has 0 amide bonds. The predicted octanol–water partition coefficient (Wildman–Crippen LogP) is 1.54. The second-order valence-electron chi connectivity index (χ2n) is 4.81. The average molecular weight is 260 g/mol. The normalized spacial score (nSPS) is 14.5. The van der Waals surface area contributed by atoms with Crippen LogP contribution in [0.5, 0.6) is 0 Å². The number of aromatic nitrogens is 2. The van der Waals surface area contributed by atoms with E-state index in [4.69, 9.17) is 5.73 Å². The number of fused-ring (bicyclic) bond motifs is 1. The molecule has 4 nitrogen and oxygen atoms in total. The van der Waals surface area contributed by atoms with Gasteiger partial charge in [-0.25, -0.2) is 9.37 Å². The van der Waals surface area contributed by atoms with E-state index < -0.39 is 0 Å². The first kappa shape index (κ1) is 12.2. The van der Waals surface area contributed by atoms with Crippen molar-refractivity contribution in [1.29, 1.82) is 0 Å². The lowest BCUT2D eigenvalue weighted by molar-refractivity contribution is 0.557. The molecular weight excluding hydrogens is 243 g/mol. The molecule has 0 bridgehead atoms. The molecule has 0 saturated heterocycles. The van der Waals surface area contributed by atoms with Crippen LogP contribution in [0.15, 0.2) is 30.6 Å². The minimum absolute atomic E-state index is 0.199. The Morgan fingerprint density at radius 2 is 2.16 bits per heavy atom. The van der Waals surface area contributed by atoms with Crippen LogP contribution in [0.3, 0.4) is 0 Å². The number of anilines is 1. The summed E-state index contributed by atoms with van der Waals surface area (Å²) < 4.78 is 15.8. The molecular formula is C14H17FN4. The molecule has 1 aromatic carbocycles. The lowest BCUT2D eigenvalue weighted by atomic mass is 10.1. The Bertz CT molecular complexity index is 579. The van der Waals surface area contributed by atoms with Crippen molar-refractivity contribution in [2.24, 2.45) is 5.73 Å². The number of nitrogens with two attached hydrogens (primary N) is 1. The van der Waals surface area contributed by atoms with Gasteiger partial charge >= 0.3 is 0 Å². The van der Waals surface area contributed by atoms with Gasteiger partial charge in [-0.15, -0.1) is 0 Å². The van der Waals surface area contributed by atoms with Crippen LogP contribution in [0, 0.1) is 5.82 Å². The van der Waals surface area contributed by atoms with Gasteiger partial charge in [-0.3, -0.25) is 0 Å². The maximum Gasteiger partial charge on any atom is 0.128 e. The van der Waals surface area contributed by atoms with E-state index in [0.29, 0.717) is 13.0 Å². The van der Waals surface area contributed by atoms with Gasteiger partial charge in [0.1, 0.15) is 11.6 Å². The molecule has 2 heterocycles. The minimum Gasteiger partial charge on any atom is -0.362 e. The maximum atomic E-state index is 13.7. The predicted molar refractivity (Wildman–Crippen MR) is 72.4 cm³/mol. The molecule has 5 heteroatoms. The largest absolute Gasteiger partial charge is 0.362 e. The summed E-state index contributed by atoms with van der Waals surface area (Å²) in [5.41, 5.74) is 7.40. The first-order chi connectivity index (χ1) is 9.26. The second-order valence-corrected chi connectivity index (χ2v) is 4.81. The molecule has 100 valence electrons. The molecule has 1 aromatic heterocycles. The van der Waals surface area contributed by atoms with Crippen molar-refractivity contribution in [1.82, 2.24) is 9.55 Å². The second kappa shape index (κ2) is 5.01. The van der Waals surface area contributed by atoms with Crippen LogP contribution in [0.4, 0.5) is 10.1 Å². The molecule has 0 fully saturated rings. The summed E-state index contributed by atoms with van der Waals surface area (Å²) in [5.74, 6) is 0.825. The Labute approximate surface area is 111 Å². The molecule has 1 aliphatic rings. The van der Waals surface area contributed by atoms with Crippen LogP contribution in [0.2, 0.25) is 0 Å². The van der Waals surface area contributed by atoms with E-state index in [1.807, 2.05) is 18.5 Å². The van der Waals surface area contributed by atoms with Crippen LogP contribution in [0.25, 0.3) is 0 Å². The fourth-order valence-electron chi connectivity index (χ4n) is 2.52. The summed E-state index contributed by atoms with van der Waals surface area (Å²) in [6, 6.07) is 5.16. The number of nitrogens with zero attached hydrogens (tertiary/aromatic N) is 3. The number of hydrogen-bond donors (Lipinski definition) is 1. The third kappa shape index (κ3) is 2.46. The third-order valence-electron chi connectivity index (χ3n) is 3.49. The third-order valence-corrected chi connectivity index (χ3v) is 3.49. The van der Waals surface area contributed by atoms with Crippen molar-refractivity contribution < 1.29 is 4.39 Å². The summed E-state index contributed by atoms with van der Waals surface area (Å²) in [4.78, 5) is 6.48. The zero-order valence-electron chi connectivity index (χ0n) is 10.7. The maximum absolute atomic E-state index is 13.7. The van der Waals surface area contributed by atoms with E-state index in [0.717, 1.165) is 36.7 Å². The quantitative estimate of drug-likeness (QED) is 0.910. The van der Waals surface area contributed by atoms with Crippen molar-refractivity contribution in [2.45, 2.75) is 19.5 Å². The lowest BCUT2D eigenvalue weighted by Gasteiger charge is -2.30. The highest BCUT2D eigenvalue weighted by Crippen LogP contribution is 2.23. The van der Waals surface area contributed by atoms with Crippen LogP contribution >= 0.6 is 0 Å². The first-order valence-electron chi connectivity index (χ1n) is 6.51. The van der Waals surface area contributed by atoms with E-state index in [-0.39, 0.29) is 5.82 Å². The number of benzene rings is 1. The van der Waals surface area contributed by atoms with Gasteiger partial charge in [-0.05, 0) is 36.7 Å². The van der Waals surface area contributed by atoms with Gasteiger partial charge in [0.05, 0.1) is 6.54 Å². The van der Waals surface area contributed by atoms with Gasteiger partial charge in [-0.1, -0.05) is 0 Å². The molecule has 2 aromatic rings. The lowest BCUT2D eigenvalue weighted by Crippen LogP contribution is -2.33. The molecule has 0 aliphatic carbocycles. The highest BCUT2D eigenvalue weighted by molar-refractivity contribution is 5.49. The van der Waals surface area contributed by atoms with Crippen LogP contribution in [0.1, 0.15) is 11.4 Å². The summed E-state index contributed by atoms with van der Waals surface area (Å²) >= 11 is 0. The molecule has 1 aliphatic heterocycles. The molecule has 3 rings (SSSR count). The van der Waals surface area contributed by atoms with Gasteiger partial charge in [0.15, 0.2) is 0 Å². The molecule has 0 radical (unpaired) electrons. The molecule has 0 unspecified atom stereocenters. The first-order valence-corrected chi connectivity index (χ1v) is 6.51. The number of rotatable bonds is 3. The zero-order chi connectivity index (χ0) is 13.2. The summed E-state index contributed by atoms with van der Waals surface area (Å²) in [6.07, 6.45) is 4.50. The van der Waals surface area contributed by atoms with Gasteiger partial charge in [-0.2, -0.15) is 0 Å². The van der Waals surface area contributed by atoms with Crippen molar-refractivity contribution in [2.75, 3.05) is 18.0 Å². The average Bonchev–Trinajstić information content (AvgIpc) is 2.85. The zero-order valence-corrected chi connectivity index (χ0v) is 10.7. The van der Waals surface area contributed by atoms with E-state index in [1.165, 1.54) is 0 Å². The van der Waals surface area contributed by atoms with E-state index in [1.54, 1.807) is 12.1 Å². The topological polar surface area (TPSA) is 47.1 Å². The molecule has 0 saturated carbocycles. The van der Waals surface area contributed by atoms with E-state index >= 15 is 0 Å². The molecule has 0 atom stereocenters. The summed E-state index contributed by atoms with van der Waals surface area (Å²) in [7, 11) is 0. The molecule has 0 spiro atoms. The minimum atomic E-state index is -0.199. The monoisotopic (exact) mass is 260 g/mol. The van der Waals surface area contributed by atoms with E-state index in [9.17, 15) is 4.39 Å². The highest BCUT2D eigenvalue weighted by Gasteiger charge is 2.17. The highest BCUT2D eigenvalue weighted by atomic mass is 19.1. The standard InChI is InChI=1S/C14H17FN4/c15-12-7-11(1-2-16)8-13(9-12)19-6-5-18-4-3-17-14(18)10-19/h3-4,7-9H,1-2,5-6,10,16H2. The van der Waals surface area contributed by atoms with Crippen molar-refractivity contribution in [3.05, 3.63) is 47.8 Å². The molecule has 19 heavy (non-hydrogen) atoms. The Balaban J connectivity index is 1.87. The van der Waals surface area contributed by atoms with Crippen LogP contribution < -0.4 is 10.6 Å². The van der Waals surface area contributed by atoms with Crippen molar-refractivity contribution in [3.8, 4) is 0 Å². The van der Waals surface area contributed by atoms with Crippen molar-refractivity contribution in [3.63, 3.8) is 0 Å². The Hall–Kier alpha value is -1.88. The number of halogens is 1.